The molecule has 1 fully saturated rings. The minimum atomic E-state index is -0.158. The SMILES string of the molecule is CN(C)C1(CCNC(=O)c2cc(Cl)cc3c2OCCO3)CCCCC1. The van der Waals surface area contributed by atoms with Crippen LogP contribution in [0.15, 0.2) is 12.1 Å². The average Bonchev–Trinajstić information content (AvgIpc) is 2.61. The molecule has 1 aliphatic heterocycles. The first kappa shape index (κ1) is 18.3. The van der Waals surface area contributed by atoms with Crippen molar-refractivity contribution in [2.45, 2.75) is 44.1 Å². The molecule has 0 spiro atoms. The fraction of sp³-hybridized carbons (Fsp3) is 0.632. The minimum Gasteiger partial charge on any atom is -0.486 e. The zero-order valence-corrected chi connectivity index (χ0v) is 15.8. The smallest absolute Gasteiger partial charge is 0.255 e. The van der Waals surface area contributed by atoms with Crippen LogP contribution in [0, 0.1) is 0 Å². The van der Waals surface area contributed by atoms with E-state index in [9.17, 15) is 4.79 Å². The summed E-state index contributed by atoms with van der Waals surface area (Å²) in [5.41, 5.74) is 0.642. The summed E-state index contributed by atoms with van der Waals surface area (Å²) in [7, 11) is 4.29. The van der Waals surface area contributed by atoms with E-state index in [-0.39, 0.29) is 11.4 Å². The van der Waals surface area contributed by atoms with Gasteiger partial charge in [0, 0.05) is 23.2 Å². The number of nitrogens with one attached hydrogen (secondary N) is 1. The zero-order valence-electron chi connectivity index (χ0n) is 15.1. The van der Waals surface area contributed by atoms with Crippen molar-refractivity contribution in [3.63, 3.8) is 0 Å². The lowest BCUT2D eigenvalue weighted by Crippen LogP contribution is -2.48. The summed E-state index contributed by atoms with van der Waals surface area (Å²) in [4.78, 5) is 15.0. The summed E-state index contributed by atoms with van der Waals surface area (Å²) in [6.07, 6.45) is 7.18. The van der Waals surface area contributed by atoms with Crippen molar-refractivity contribution in [2.24, 2.45) is 0 Å². The maximum atomic E-state index is 12.7. The van der Waals surface area contributed by atoms with Crippen molar-refractivity contribution >= 4 is 17.5 Å². The Hall–Kier alpha value is -1.46. The van der Waals surface area contributed by atoms with Gasteiger partial charge in [-0.05, 0) is 39.4 Å². The molecule has 1 saturated carbocycles. The first-order chi connectivity index (χ1) is 12.0. The molecule has 1 N–H and O–H groups in total. The summed E-state index contributed by atoms with van der Waals surface area (Å²) >= 11 is 6.12. The molecule has 2 aliphatic rings. The molecule has 0 unspecified atom stereocenters. The summed E-state index contributed by atoms with van der Waals surface area (Å²) in [6.45, 7) is 1.55. The van der Waals surface area contributed by atoms with Crippen LogP contribution in [-0.4, -0.2) is 50.2 Å². The second kappa shape index (κ2) is 7.83. The van der Waals surface area contributed by atoms with Crippen molar-refractivity contribution in [3.8, 4) is 11.5 Å². The summed E-state index contributed by atoms with van der Waals surface area (Å²) in [5.74, 6) is 0.878. The van der Waals surface area contributed by atoms with Crippen LogP contribution in [0.2, 0.25) is 5.02 Å². The average molecular weight is 367 g/mol. The van der Waals surface area contributed by atoms with Gasteiger partial charge in [0.1, 0.15) is 13.2 Å². The highest BCUT2D eigenvalue weighted by molar-refractivity contribution is 6.31. The number of rotatable bonds is 5. The minimum absolute atomic E-state index is 0.158. The van der Waals surface area contributed by atoms with Crippen LogP contribution in [0.1, 0.15) is 48.9 Å². The molecular weight excluding hydrogens is 340 g/mol. The van der Waals surface area contributed by atoms with E-state index >= 15 is 0 Å². The fourth-order valence-electron chi connectivity index (χ4n) is 3.92. The second-order valence-corrected chi connectivity index (χ2v) is 7.60. The molecule has 1 aromatic rings. The number of benzene rings is 1. The van der Waals surface area contributed by atoms with Gasteiger partial charge in [-0.3, -0.25) is 4.79 Å². The van der Waals surface area contributed by atoms with Crippen molar-refractivity contribution in [3.05, 3.63) is 22.7 Å². The number of nitrogens with zero attached hydrogens (tertiary/aromatic N) is 1. The molecular formula is C19H27ClN2O3. The Bertz CT molecular complexity index is 627. The van der Waals surface area contributed by atoms with E-state index in [4.69, 9.17) is 21.1 Å². The largest absolute Gasteiger partial charge is 0.486 e. The van der Waals surface area contributed by atoms with Crippen molar-refractivity contribution in [1.29, 1.82) is 0 Å². The number of ether oxygens (including phenoxy) is 2. The Labute approximate surface area is 154 Å². The number of hydrogen-bond acceptors (Lipinski definition) is 4. The van der Waals surface area contributed by atoms with Gasteiger partial charge in [0.25, 0.3) is 5.91 Å². The molecule has 0 atom stereocenters. The van der Waals surface area contributed by atoms with Crippen LogP contribution in [0.3, 0.4) is 0 Å². The zero-order chi connectivity index (χ0) is 17.9. The number of hydrogen-bond donors (Lipinski definition) is 1. The Balaban J connectivity index is 1.66. The summed E-state index contributed by atoms with van der Waals surface area (Å²) in [6, 6.07) is 3.34. The molecule has 25 heavy (non-hydrogen) atoms. The van der Waals surface area contributed by atoms with Gasteiger partial charge in [-0.15, -0.1) is 0 Å². The van der Waals surface area contributed by atoms with Crippen LogP contribution in [0.5, 0.6) is 11.5 Å². The summed E-state index contributed by atoms with van der Waals surface area (Å²) in [5, 5.41) is 3.52. The van der Waals surface area contributed by atoms with Crippen molar-refractivity contribution < 1.29 is 14.3 Å². The van der Waals surface area contributed by atoms with Crippen LogP contribution >= 0.6 is 11.6 Å². The molecule has 5 nitrogen and oxygen atoms in total. The standard InChI is InChI=1S/C19H27ClN2O3/c1-22(2)19(6-4-3-5-7-19)8-9-21-18(23)15-12-14(20)13-16-17(15)25-11-10-24-16/h12-13H,3-11H2,1-2H3,(H,21,23). The van der Waals surface area contributed by atoms with Crippen molar-refractivity contribution in [2.75, 3.05) is 33.9 Å². The number of carbonyl (C=O) groups excluding carboxylic acids is 1. The van der Waals surface area contributed by atoms with Gasteiger partial charge < -0.3 is 19.7 Å². The highest BCUT2D eigenvalue weighted by Crippen LogP contribution is 2.37. The maximum Gasteiger partial charge on any atom is 0.255 e. The van der Waals surface area contributed by atoms with Crippen molar-refractivity contribution in [1.82, 2.24) is 10.2 Å². The third kappa shape index (κ3) is 4.04. The molecule has 138 valence electrons. The van der Waals surface area contributed by atoms with E-state index in [1.165, 1.54) is 32.1 Å². The Morgan fingerprint density at radius 1 is 1.20 bits per heavy atom. The molecule has 3 rings (SSSR count). The fourth-order valence-corrected chi connectivity index (χ4v) is 4.13. The molecule has 6 heteroatoms. The maximum absolute atomic E-state index is 12.7. The third-order valence-electron chi connectivity index (χ3n) is 5.46. The molecule has 0 radical (unpaired) electrons. The van der Waals surface area contributed by atoms with Gasteiger partial charge in [-0.1, -0.05) is 30.9 Å². The number of amides is 1. The molecule has 0 aromatic heterocycles. The first-order valence-electron chi connectivity index (χ1n) is 9.07. The predicted molar refractivity (Wildman–Crippen MR) is 98.9 cm³/mol. The highest BCUT2D eigenvalue weighted by Gasteiger charge is 2.33. The number of carbonyl (C=O) groups is 1. The highest BCUT2D eigenvalue weighted by atomic mass is 35.5. The second-order valence-electron chi connectivity index (χ2n) is 7.16. The Morgan fingerprint density at radius 3 is 2.64 bits per heavy atom. The van der Waals surface area contributed by atoms with E-state index in [2.05, 4.69) is 24.3 Å². The Morgan fingerprint density at radius 2 is 1.92 bits per heavy atom. The lowest BCUT2D eigenvalue weighted by Gasteiger charge is -2.43. The first-order valence-corrected chi connectivity index (χ1v) is 9.44. The van der Waals surface area contributed by atoms with Gasteiger partial charge >= 0.3 is 0 Å². The van der Waals surface area contributed by atoms with Crippen LogP contribution in [0.25, 0.3) is 0 Å². The van der Waals surface area contributed by atoms with Gasteiger partial charge in [0.15, 0.2) is 11.5 Å². The van der Waals surface area contributed by atoms with Gasteiger partial charge in [0.05, 0.1) is 5.56 Å². The van der Waals surface area contributed by atoms with Gasteiger partial charge in [0.2, 0.25) is 0 Å². The van der Waals surface area contributed by atoms with Crippen LogP contribution in [-0.2, 0) is 0 Å². The number of fused-ring (bicyclic) bond motifs is 1. The molecule has 1 amide bonds. The normalized spacial score (nSPS) is 18.9. The lowest BCUT2D eigenvalue weighted by molar-refractivity contribution is 0.0831. The van der Waals surface area contributed by atoms with E-state index in [1.807, 2.05) is 0 Å². The molecule has 0 bridgehead atoms. The van der Waals surface area contributed by atoms with Gasteiger partial charge in [-0.2, -0.15) is 0 Å². The predicted octanol–water partition coefficient (Wildman–Crippen LogP) is 3.50. The van der Waals surface area contributed by atoms with E-state index in [1.54, 1.807) is 12.1 Å². The monoisotopic (exact) mass is 366 g/mol. The number of halogens is 1. The molecule has 1 heterocycles. The molecule has 1 aromatic carbocycles. The van der Waals surface area contributed by atoms with E-state index in [0.717, 1.165) is 6.42 Å². The quantitative estimate of drug-likeness (QED) is 0.866. The van der Waals surface area contributed by atoms with Crippen LogP contribution < -0.4 is 14.8 Å². The van der Waals surface area contributed by atoms with E-state index < -0.39 is 0 Å². The van der Waals surface area contributed by atoms with E-state index in [0.29, 0.717) is 41.8 Å². The summed E-state index contributed by atoms with van der Waals surface area (Å²) < 4.78 is 11.2. The Kier molecular flexibility index (Phi) is 5.74. The topological polar surface area (TPSA) is 50.8 Å². The van der Waals surface area contributed by atoms with Gasteiger partial charge in [-0.25, -0.2) is 0 Å². The third-order valence-corrected chi connectivity index (χ3v) is 5.68. The molecule has 0 saturated heterocycles. The molecule has 1 aliphatic carbocycles. The van der Waals surface area contributed by atoms with Crippen LogP contribution in [0.4, 0.5) is 0 Å². The lowest BCUT2D eigenvalue weighted by atomic mass is 9.78.